The molecule has 0 amide bonds. The highest BCUT2D eigenvalue weighted by molar-refractivity contribution is 5.80. The quantitative estimate of drug-likeness (QED) is 0.493. The van der Waals surface area contributed by atoms with Crippen molar-refractivity contribution in [1.82, 2.24) is 15.1 Å². The lowest BCUT2D eigenvalue weighted by atomic mass is 10.1. The van der Waals surface area contributed by atoms with E-state index < -0.39 is 0 Å². The van der Waals surface area contributed by atoms with Gasteiger partial charge < -0.3 is 19.7 Å². The summed E-state index contributed by atoms with van der Waals surface area (Å²) in [5.74, 6) is 2.01. The average molecular weight is 389 g/mol. The fraction of sp³-hybridized carbons (Fsp3) is 0.682. The fourth-order valence-electron chi connectivity index (χ4n) is 3.71. The first-order valence-corrected chi connectivity index (χ1v) is 10.8. The van der Waals surface area contributed by atoms with E-state index in [1.807, 2.05) is 30.3 Å². The van der Waals surface area contributed by atoms with Gasteiger partial charge in [0.15, 0.2) is 5.96 Å². The zero-order chi connectivity index (χ0) is 19.6. The number of para-hydroxylation sites is 1. The first-order valence-electron chi connectivity index (χ1n) is 10.8. The van der Waals surface area contributed by atoms with Gasteiger partial charge in [-0.15, -0.1) is 0 Å². The first kappa shape index (κ1) is 20.9. The van der Waals surface area contributed by atoms with Crippen molar-refractivity contribution in [2.75, 3.05) is 53.0 Å². The van der Waals surface area contributed by atoms with Gasteiger partial charge in [-0.1, -0.05) is 18.2 Å². The topological polar surface area (TPSA) is 49.3 Å². The summed E-state index contributed by atoms with van der Waals surface area (Å²) in [6, 6.07) is 10.9. The van der Waals surface area contributed by atoms with Gasteiger partial charge in [0.05, 0.1) is 13.2 Å². The number of hydrogen-bond donors (Lipinski definition) is 1. The highest BCUT2D eigenvalue weighted by Gasteiger charge is 2.28. The number of methoxy groups -OCH3 is 1. The van der Waals surface area contributed by atoms with Crippen molar-refractivity contribution in [3.8, 4) is 5.75 Å². The van der Waals surface area contributed by atoms with Crippen LogP contribution in [-0.4, -0.2) is 80.9 Å². The Labute approximate surface area is 169 Å². The molecule has 1 aromatic carbocycles. The normalized spacial score (nSPS) is 18.5. The SMILES string of the molecule is CCNC(=NCCN(CCOC)C1CC1)N1CCC(Oc2ccccc2)CC1. The Bertz CT molecular complexity index is 583. The van der Waals surface area contributed by atoms with E-state index in [-0.39, 0.29) is 0 Å². The fourth-order valence-corrected chi connectivity index (χ4v) is 3.71. The second-order valence-corrected chi connectivity index (χ2v) is 7.61. The van der Waals surface area contributed by atoms with Crippen LogP contribution < -0.4 is 10.1 Å². The molecule has 1 N–H and O–H groups in total. The molecule has 1 saturated carbocycles. The van der Waals surface area contributed by atoms with Crippen LogP contribution in [0, 0.1) is 0 Å². The standard InChI is InChI=1S/C22H36N4O2/c1-3-23-22(24-13-16-25(17-18-27-2)19-9-10-19)26-14-11-21(12-15-26)28-20-7-5-4-6-8-20/h4-8,19,21H,3,9-18H2,1-2H3,(H,23,24). The summed E-state index contributed by atoms with van der Waals surface area (Å²) in [5, 5.41) is 3.47. The summed E-state index contributed by atoms with van der Waals surface area (Å²) in [4.78, 5) is 9.82. The van der Waals surface area contributed by atoms with Gasteiger partial charge >= 0.3 is 0 Å². The minimum atomic E-state index is 0.293. The van der Waals surface area contributed by atoms with Crippen molar-refractivity contribution < 1.29 is 9.47 Å². The number of hydrogen-bond acceptors (Lipinski definition) is 4. The lowest BCUT2D eigenvalue weighted by Gasteiger charge is -2.34. The third kappa shape index (κ3) is 6.67. The van der Waals surface area contributed by atoms with Crippen molar-refractivity contribution in [1.29, 1.82) is 0 Å². The number of ether oxygens (including phenoxy) is 2. The predicted octanol–water partition coefficient (Wildman–Crippen LogP) is 2.61. The van der Waals surface area contributed by atoms with E-state index in [2.05, 4.69) is 22.0 Å². The monoisotopic (exact) mass is 388 g/mol. The predicted molar refractivity (Wildman–Crippen MR) is 114 cm³/mol. The van der Waals surface area contributed by atoms with Crippen LogP contribution in [0.3, 0.4) is 0 Å². The number of benzene rings is 1. The summed E-state index contributed by atoms with van der Waals surface area (Å²) in [6.07, 6.45) is 4.99. The Balaban J connectivity index is 1.46. The van der Waals surface area contributed by atoms with Crippen LogP contribution in [-0.2, 0) is 4.74 Å². The minimum absolute atomic E-state index is 0.293. The smallest absolute Gasteiger partial charge is 0.193 e. The molecule has 1 aliphatic carbocycles. The summed E-state index contributed by atoms with van der Waals surface area (Å²) in [7, 11) is 1.78. The molecular formula is C22H36N4O2. The Kier molecular flexibility index (Phi) is 8.42. The maximum atomic E-state index is 6.12. The maximum Gasteiger partial charge on any atom is 0.193 e. The van der Waals surface area contributed by atoms with E-state index >= 15 is 0 Å². The van der Waals surface area contributed by atoms with Crippen molar-refractivity contribution in [2.24, 2.45) is 4.99 Å². The number of rotatable bonds is 10. The molecule has 0 aromatic heterocycles. The zero-order valence-corrected chi connectivity index (χ0v) is 17.5. The molecule has 28 heavy (non-hydrogen) atoms. The second-order valence-electron chi connectivity index (χ2n) is 7.61. The van der Waals surface area contributed by atoms with Gasteiger partial charge in [0.25, 0.3) is 0 Å². The van der Waals surface area contributed by atoms with E-state index in [0.717, 1.165) is 76.5 Å². The highest BCUT2D eigenvalue weighted by atomic mass is 16.5. The van der Waals surface area contributed by atoms with Gasteiger partial charge in [0.2, 0.25) is 0 Å². The van der Waals surface area contributed by atoms with Gasteiger partial charge in [0.1, 0.15) is 11.9 Å². The summed E-state index contributed by atoms with van der Waals surface area (Å²) in [6.45, 7) is 8.66. The van der Waals surface area contributed by atoms with Crippen LogP contribution in [0.2, 0.25) is 0 Å². The van der Waals surface area contributed by atoms with Crippen LogP contribution in [0.5, 0.6) is 5.75 Å². The molecule has 1 aliphatic heterocycles. The number of likely N-dealkylation sites (tertiary alicyclic amines) is 1. The van der Waals surface area contributed by atoms with E-state index in [0.29, 0.717) is 6.10 Å². The van der Waals surface area contributed by atoms with Crippen molar-refractivity contribution >= 4 is 5.96 Å². The lowest BCUT2D eigenvalue weighted by molar-refractivity contribution is 0.129. The Hall–Kier alpha value is -1.79. The number of nitrogens with one attached hydrogen (secondary N) is 1. The number of nitrogens with zero attached hydrogens (tertiary/aromatic N) is 3. The molecule has 2 aliphatic rings. The van der Waals surface area contributed by atoms with E-state index in [1.165, 1.54) is 12.8 Å². The zero-order valence-electron chi connectivity index (χ0n) is 17.5. The Morgan fingerprint density at radius 1 is 1.14 bits per heavy atom. The molecule has 6 heteroatoms. The molecule has 6 nitrogen and oxygen atoms in total. The Morgan fingerprint density at radius 3 is 2.54 bits per heavy atom. The molecule has 0 bridgehead atoms. The third-order valence-electron chi connectivity index (χ3n) is 5.42. The molecule has 156 valence electrons. The summed E-state index contributed by atoms with van der Waals surface area (Å²) >= 11 is 0. The van der Waals surface area contributed by atoms with Gasteiger partial charge in [-0.3, -0.25) is 9.89 Å². The van der Waals surface area contributed by atoms with Gasteiger partial charge in [-0.05, 0) is 31.9 Å². The van der Waals surface area contributed by atoms with E-state index in [1.54, 1.807) is 7.11 Å². The van der Waals surface area contributed by atoms with Gasteiger partial charge in [-0.2, -0.15) is 0 Å². The molecular weight excluding hydrogens is 352 g/mol. The average Bonchev–Trinajstić information content (AvgIpc) is 3.56. The summed E-state index contributed by atoms with van der Waals surface area (Å²) in [5.41, 5.74) is 0. The first-order chi connectivity index (χ1) is 13.8. The van der Waals surface area contributed by atoms with E-state index in [9.17, 15) is 0 Å². The van der Waals surface area contributed by atoms with Gasteiger partial charge in [0, 0.05) is 58.7 Å². The van der Waals surface area contributed by atoms with Crippen molar-refractivity contribution in [3.05, 3.63) is 30.3 Å². The van der Waals surface area contributed by atoms with Crippen molar-refractivity contribution in [2.45, 2.75) is 44.8 Å². The molecule has 1 saturated heterocycles. The molecule has 0 unspecified atom stereocenters. The maximum absolute atomic E-state index is 6.12. The number of piperidine rings is 1. The highest BCUT2D eigenvalue weighted by Crippen LogP contribution is 2.26. The van der Waals surface area contributed by atoms with Crippen LogP contribution in [0.15, 0.2) is 35.3 Å². The third-order valence-corrected chi connectivity index (χ3v) is 5.42. The summed E-state index contributed by atoms with van der Waals surface area (Å²) < 4.78 is 11.4. The van der Waals surface area contributed by atoms with Crippen LogP contribution in [0.1, 0.15) is 32.6 Å². The molecule has 3 rings (SSSR count). The van der Waals surface area contributed by atoms with Crippen molar-refractivity contribution in [3.63, 3.8) is 0 Å². The molecule has 1 aromatic rings. The molecule has 0 spiro atoms. The van der Waals surface area contributed by atoms with Gasteiger partial charge in [-0.25, -0.2) is 0 Å². The van der Waals surface area contributed by atoms with E-state index in [4.69, 9.17) is 14.5 Å². The van der Waals surface area contributed by atoms with Crippen LogP contribution >= 0.6 is 0 Å². The van der Waals surface area contributed by atoms with Crippen LogP contribution in [0.25, 0.3) is 0 Å². The molecule has 2 fully saturated rings. The lowest BCUT2D eigenvalue weighted by Crippen LogP contribution is -2.47. The van der Waals surface area contributed by atoms with Crippen LogP contribution in [0.4, 0.5) is 0 Å². The Morgan fingerprint density at radius 2 is 1.89 bits per heavy atom. The second kappa shape index (κ2) is 11.3. The molecule has 0 atom stereocenters. The number of guanidine groups is 1. The molecule has 0 radical (unpaired) electrons. The largest absolute Gasteiger partial charge is 0.490 e. The minimum Gasteiger partial charge on any atom is -0.490 e. The molecule has 1 heterocycles. The number of aliphatic imine (C=N–C) groups is 1.